The highest BCUT2D eigenvalue weighted by Gasteiger charge is 2.15. The summed E-state index contributed by atoms with van der Waals surface area (Å²) in [7, 11) is 0. The Bertz CT molecular complexity index is 437. The molecule has 1 saturated carbocycles. The molecule has 4 nitrogen and oxygen atoms in total. The first kappa shape index (κ1) is 13.7. The number of nitrogens with two attached hydrogens (primary N) is 2. The zero-order valence-electron chi connectivity index (χ0n) is 11.3. The molecule has 0 spiro atoms. The lowest BCUT2D eigenvalue weighted by atomic mass is 9.96. The molecule has 0 aliphatic heterocycles. The van der Waals surface area contributed by atoms with E-state index in [0.29, 0.717) is 17.3 Å². The largest absolute Gasteiger partial charge is 0.399 e. The SMILES string of the molecule is NC(=O)c1cc(N)ccc1NC1CCCCCCC1. The Morgan fingerprint density at radius 2 is 1.74 bits per heavy atom. The molecule has 1 fully saturated rings. The second kappa shape index (κ2) is 6.45. The summed E-state index contributed by atoms with van der Waals surface area (Å²) in [5.74, 6) is -0.430. The lowest BCUT2D eigenvalue weighted by molar-refractivity contribution is 0.100. The number of nitrogen functional groups attached to an aromatic ring is 1. The van der Waals surface area contributed by atoms with E-state index in [1.165, 1.54) is 32.1 Å². The summed E-state index contributed by atoms with van der Waals surface area (Å²) in [6, 6.07) is 5.74. The summed E-state index contributed by atoms with van der Waals surface area (Å²) in [5.41, 5.74) is 13.0. The van der Waals surface area contributed by atoms with Gasteiger partial charge in [-0.05, 0) is 31.0 Å². The van der Waals surface area contributed by atoms with E-state index in [-0.39, 0.29) is 0 Å². The molecule has 2 rings (SSSR count). The maximum atomic E-state index is 11.5. The van der Waals surface area contributed by atoms with E-state index in [0.717, 1.165) is 18.5 Å². The first-order chi connectivity index (χ1) is 9.16. The van der Waals surface area contributed by atoms with Crippen LogP contribution in [-0.4, -0.2) is 11.9 Å². The predicted octanol–water partition coefficient (Wildman–Crippen LogP) is 2.89. The molecule has 19 heavy (non-hydrogen) atoms. The van der Waals surface area contributed by atoms with Gasteiger partial charge in [0.05, 0.1) is 5.56 Å². The molecule has 1 amide bonds. The number of amides is 1. The van der Waals surface area contributed by atoms with Gasteiger partial charge in [0.15, 0.2) is 0 Å². The van der Waals surface area contributed by atoms with E-state index >= 15 is 0 Å². The summed E-state index contributed by atoms with van der Waals surface area (Å²) >= 11 is 0. The van der Waals surface area contributed by atoms with Crippen LogP contribution in [0.5, 0.6) is 0 Å². The van der Waals surface area contributed by atoms with Crippen molar-refractivity contribution in [2.75, 3.05) is 11.1 Å². The maximum Gasteiger partial charge on any atom is 0.250 e. The molecule has 4 heteroatoms. The van der Waals surface area contributed by atoms with E-state index in [9.17, 15) is 4.79 Å². The van der Waals surface area contributed by atoms with Gasteiger partial charge in [0.2, 0.25) is 0 Å². The number of primary amides is 1. The highest BCUT2D eigenvalue weighted by molar-refractivity contribution is 5.99. The van der Waals surface area contributed by atoms with Gasteiger partial charge >= 0.3 is 0 Å². The number of rotatable bonds is 3. The topological polar surface area (TPSA) is 81.1 Å². The first-order valence-electron chi connectivity index (χ1n) is 7.12. The van der Waals surface area contributed by atoms with Gasteiger partial charge in [-0.2, -0.15) is 0 Å². The van der Waals surface area contributed by atoms with Gasteiger partial charge < -0.3 is 16.8 Å². The van der Waals surface area contributed by atoms with Crippen LogP contribution in [0.25, 0.3) is 0 Å². The molecule has 0 aromatic heterocycles. The number of carbonyl (C=O) groups excluding carboxylic acids is 1. The molecular weight excluding hydrogens is 238 g/mol. The maximum absolute atomic E-state index is 11.5. The molecule has 1 aliphatic carbocycles. The molecule has 0 saturated heterocycles. The number of hydrogen-bond acceptors (Lipinski definition) is 3. The Balaban J connectivity index is 2.10. The van der Waals surface area contributed by atoms with Crippen LogP contribution >= 0.6 is 0 Å². The number of benzene rings is 1. The Hall–Kier alpha value is -1.71. The molecular formula is C15H23N3O. The van der Waals surface area contributed by atoms with Crippen molar-refractivity contribution in [2.45, 2.75) is 51.0 Å². The molecule has 1 aromatic carbocycles. The number of hydrogen-bond donors (Lipinski definition) is 3. The Morgan fingerprint density at radius 1 is 1.11 bits per heavy atom. The lowest BCUT2D eigenvalue weighted by Gasteiger charge is -2.23. The van der Waals surface area contributed by atoms with Crippen molar-refractivity contribution in [2.24, 2.45) is 5.73 Å². The standard InChI is InChI=1S/C15H23N3O/c16-11-8-9-14(13(10-11)15(17)19)18-12-6-4-2-1-3-5-7-12/h8-10,12,18H,1-7,16H2,(H2,17,19). The van der Waals surface area contributed by atoms with E-state index in [1.54, 1.807) is 12.1 Å². The first-order valence-corrected chi connectivity index (χ1v) is 7.12. The zero-order chi connectivity index (χ0) is 13.7. The van der Waals surface area contributed by atoms with E-state index in [1.807, 2.05) is 6.07 Å². The van der Waals surface area contributed by atoms with Gasteiger partial charge in [0.25, 0.3) is 5.91 Å². The van der Waals surface area contributed by atoms with Gasteiger partial charge in [-0.15, -0.1) is 0 Å². The van der Waals surface area contributed by atoms with Crippen LogP contribution in [0.4, 0.5) is 11.4 Å². The number of nitrogens with one attached hydrogen (secondary N) is 1. The molecule has 104 valence electrons. The van der Waals surface area contributed by atoms with E-state index in [4.69, 9.17) is 11.5 Å². The van der Waals surface area contributed by atoms with Gasteiger partial charge in [-0.25, -0.2) is 0 Å². The van der Waals surface area contributed by atoms with Crippen molar-refractivity contribution in [1.29, 1.82) is 0 Å². The normalized spacial score (nSPS) is 17.5. The van der Waals surface area contributed by atoms with E-state index < -0.39 is 5.91 Å². The zero-order valence-corrected chi connectivity index (χ0v) is 11.3. The molecule has 0 bridgehead atoms. The number of carbonyl (C=O) groups is 1. The second-order valence-corrected chi connectivity index (χ2v) is 5.36. The molecule has 0 heterocycles. The lowest BCUT2D eigenvalue weighted by Crippen LogP contribution is -2.23. The van der Waals surface area contributed by atoms with Crippen LogP contribution in [0, 0.1) is 0 Å². The minimum absolute atomic E-state index is 0.430. The fraction of sp³-hybridized carbons (Fsp3) is 0.533. The molecule has 0 unspecified atom stereocenters. The van der Waals surface area contributed by atoms with Crippen molar-refractivity contribution in [3.05, 3.63) is 23.8 Å². The van der Waals surface area contributed by atoms with Crippen molar-refractivity contribution in [1.82, 2.24) is 0 Å². The van der Waals surface area contributed by atoms with Crippen LogP contribution in [0.2, 0.25) is 0 Å². The summed E-state index contributed by atoms with van der Waals surface area (Å²) in [6.07, 6.45) is 8.77. The highest BCUT2D eigenvalue weighted by atomic mass is 16.1. The minimum atomic E-state index is -0.430. The van der Waals surface area contributed by atoms with Crippen molar-refractivity contribution in [3.63, 3.8) is 0 Å². The smallest absolute Gasteiger partial charge is 0.250 e. The monoisotopic (exact) mass is 261 g/mol. The minimum Gasteiger partial charge on any atom is -0.399 e. The van der Waals surface area contributed by atoms with Gasteiger partial charge in [-0.3, -0.25) is 4.79 Å². The Kier molecular flexibility index (Phi) is 4.66. The molecule has 0 atom stereocenters. The summed E-state index contributed by atoms with van der Waals surface area (Å²) in [5, 5.41) is 3.47. The fourth-order valence-corrected chi connectivity index (χ4v) is 2.71. The third-order valence-electron chi connectivity index (χ3n) is 3.77. The predicted molar refractivity (Wildman–Crippen MR) is 79.1 cm³/mol. The Labute approximate surface area is 114 Å². The van der Waals surface area contributed by atoms with Gasteiger partial charge in [0.1, 0.15) is 0 Å². The fourth-order valence-electron chi connectivity index (χ4n) is 2.71. The van der Waals surface area contributed by atoms with Crippen LogP contribution in [0.3, 0.4) is 0 Å². The summed E-state index contributed by atoms with van der Waals surface area (Å²) < 4.78 is 0. The molecule has 5 N–H and O–H groups in total. The van der Waals surface area contributed by atoms with Crippen molar-refractivity contribution < 1.29 is 4.79 Å². The van der Waals surface area contributed by atoms with Crippen molar-refractivity contribution in [3.8, 4) is 0 Å². The second-order valence-electron chi connectivity index (χ2n) is 5.36. The third kappa shape index (κ3) is 3.88. The molecule has 0 radical (unpaired) electrons. The average Bonchev–Trinajstić information content (AvgIpc) is 2.34. The van der Waals surface area contributed by atoms with Crippen molar-refractivity contribution >= 4 is 17.3 Å². The van der Waals surface area contributed by atoms with Crippen LogP contribution < -0.4 is 16.8 Å². The van der Waals surface area contributed by atoms with Crippen LogP contribution in [0.15, 0.2) is 18.2 Å². The van der Waals surface area contributed by atoms with Crippen LogP contribution in [0.1, 0.15) is 55.3 Å². The highest BCUT2D eigenvalue weighted by Crippen LogP contribution is 2.24. The van der Waals surface area contributed by atoms with Crippen LogP contribution in [-0.2, 0) is 0 Å². The van der Waals surface area contributed by atoms with E-state index in [2.05, 4.69) is 5.32 Å². The average molecular weight is 261 g/mol. The summed E-state index contributed by atoms with van der Waals surface area (Å²) in [6.45, 7) is 0. The van der Waals surface area contributed by atoms with Gasteiger partial charge in [-0.1, -0.05) is 32.1 Å². The third-order valence-corrected chi connectivity index (χ3v) is 3.77. The molecule has 1 aromatic rings. The van der Waals surface area contributed by atoms with Gasteiger partial charge in [0, 0.05) is 17.4 Å². The summed E-state index contributed by atoms with van der Waals surface area (Å²) in [4.78, 5) is 11.5. The Morgan fingerprint density at radius 3 is 2.37 bits per heavy atom. The molecule has 1 aliphatic rings. The quantitative estimate of drug-likeness (QED) is 0.732. The number of anilines is 2.